The SMILES string of the molecule is Cc1cc(-n2c3ccccc3c3ccc(Oc4cccc(-n5[c](=[Pt])n(-c6c(-c7ccccc7)cc7c(c6-c6ccccc6)CC(=O)C6CC(=O)CC76)c6ccccc65)c4)cc32)ncc1-c1ccc(C2CCCCC2)cc1. The smallest absolute Gasteiger partial charge is 0.0581 e. The zero-order valence-electron chi connectivity index (χ0n) is 42.2. The molecule has 3 aromatic heterocycles. The molecule has 0 amide bonds. The van der Waals surface area contributed by atoms with Gasteiger partial charge in [-0.25, -0.2) is 0 Å². The van der Waals surface area contributed by atoms with E-state index in [2.05, 4.69) is 210 Å². The zero-order valence-corrected chi connectivity index (χ0v) is 44.5. The van der Waals surface area contributed by atoms with Gasteiger partial charge in [0.05, 0.1) is 0 Å². The number of rotatable bonds is 9. The maximum absolute atomic E-state index is 14.1. The molecule has 8 aromatic carbocycles. The number of ether oxygens (including phenoxy) is 1. The van der Waals surface area contributed by atoms with Crippen LogP contribution < -0.4 is 4.74 Å². The molecule has 8 heteroatoms. The molecule has 2 saturated carbocycles. The summed E-state index contributed by atoms with van der Waals surface area (Å²) in [6.45, 7) is 2.19. The summed E-state index contributed by atoms with van der Waals surface area (Å²) in [6.07, 6.45) is 9.65. The number of benzene rings is 8. The van der Waals surface area contributed by atoms with Crippen molar-refractivity contribution in [3.63, 3.8) is 0 Å². The molecule has 2 atom stereocenters. The van der Waals surface area contributed by atoms with E-state index in [9.17, 15) is 9.59 Å². The molecule has 0 spiro atoms. The van der Waals surface area contributed by atoms with Gasteiger partial charge in [0.1, 0.15) is 0 Å². The number of imidazole rings is 1. The van der Waals surface area contributed by atoms with Crippen molar-refractivity contribution in [1.29, 1.82) is 0 Å². The van der Waals surface area contributed by atoms with Gasteiger partial charge in [0, 0.05) is 11.8 Å². The molecule has 11 aromatic rings. The minimum Gasteiger partial charge on any atom is -0.0581 e. The Morgan fingerprint density at radius 3 is 1.97 bits per heavy atom. The first-order valence-corrected chi connectivity index (χ1v) is 27.9. The van der Waals surface area contributed by atoms with E-state index in [1.165, 1.54) is 48.8 Å². The van der Waals surface area contributed by atoms with Crippen molar-refractivity contribution in [3.05, 3.63) is 220 Å². The van der Waals surface area contributed by atoms with Gasteiger partial charge in [-0.3, -0.25) is 0 Å². The number of para-hydroxylation sites is 3. The summed E-state index contributed by atoms with van der Waals surface area (Å²) in [4.78, 5) is 32.4. The van der Waals surface area contributed by atoms with E-state index in [1.807, 2.05) is 24.4 Å². The van der Waals surface area contributed by atoms with Crippen LogP contribution >= 0.6 is 0 Å². The van der Waals surface area contributed by atoms with Crippen LogP contribution in [0.15, 0.2) is 194 Å². The number of hydrogen-bond acceptors (Lipinski definition) is 4. The van der Waals surface area contributed by atoms with E-state index >= 15 is 0 Å². The van der Waals surface area contributed by atoms with Crippen molar-refractivity contribution in [2.75, 3.05) is 0 Å². The van der Waals surface area contributed by atoms with Crippen molar-refractivity contribution < 1.29 is 33.7 Å². The monoisotopic (exact) mass is 1170 g/mol. The third-order valence-electron chi connectivity index (χ3n) is 16.6. The van der Waals surface area contributed by atoms with Gasteiger partial charge in [-0.05, 0) is 42.4 Å². The molecule has 0 bridgehead atoms. The Labute approximate surface area is 452 Å². The summed E-state index contributed by atoms with van der Waals surface area (Å²) in [6, 6.07) is 66.6. The molecule has 3 aliphatic rings. The predicted molar refractivity (Wildman–Crippen MR) is 301 cm³/mol. The third-order valence-corrected chi connectivity index (χ3v) is 17.7. The van der Waals surface area contributed by atoms with Crippen LogP contribution in [-0.2, 0) is 35.4 Å². The Morgan fingerprint density at radius 2 is 1.21 bits per heavy atom. The van der Waals surface area contributed by atoms with Gasteiger partial charge in [-0.2, -0.15) is 0 Å². The molecule has 3 heterocycles. The molecule has 14 rings (SSSR count). The summed E-state index contributed by atoms with van der Waals surface area (Å²) in [7, 11) is 0. The van der Waals surface area contributed by atoms with Gasteiger partial charge in [-0.15, -0.1) is 0 Å². The van der Waals surface area contributed by atoms with Gasteiger partial charge in [-0.1, -0.05) is 55.7 Å². The third kappa shape index (κ3) is 7.89. The topological polar surface area (TPSA) is 71.1 Å². The molecule has 0 N–H and O–H groups in total. The molecule has 2 fully saturated rings. The minimum absolute atomic E-state index is 0.133. The van der Waals surface area contributed by atoms with E-state index in [4.69, 9.17) is 9.72 Å². The van der Waals surface area contributed by atoms with Crippen LogP contribution in [0.5, 0.6) is 11.5 Å². The van der Waals surface area contributed by atoms with E-state index in [0.29, 0.717) is 24.5 Å². The number of fused-ring (bicyclic) bond motifs is 7. The fraction of sp³-hybridized carbons (Fsp3) is 0.176. The molecule has 0 saturated heterocycles. The summed E-state index contributed by atoms with van der Waals surface area (Å²) in [5.41, 5.74) is 17.4. The van der Waals surface area contributed by atoms with E-state index in [-0.39, 0.29) is 29.8 Å². The molecule has 374 valence electrons. The van der Waals surface area contributed by atoms with Gasteiger partial charge >= 0.3 is 345 Å². The molecular weight excluding hydrogens is 1120 g/mol. The number of carbonyl (C=O) groups excluding carboxylic acids is 2. The number of nitrogens with zero attached hydrogens (tertiary/aromatic N) is 4. The quantitative estimate of drug-likeness (QED) is 0.144. The minimum atomic E-state index is -0.271. The van der Waals surface area contributed by atoms with Crippen LogP contribution in [0.1, 0.15) is 79.0 Å². The number of aromatic nitrogens is 4. The normalized spacial score (nSPS) is 16.7. The van der Waals surface area contributed by atoms with E-state index in [0.717, 1.165) is 98.5 Å². The summed E-state index contributed by atoms with van der Waals surface area (Å²) < 4.78 is 14.8. The second kappa shape index (κ2) is 19.0. The van der Waals surface area contributed by atoms with E-state index < -0.39 is 0 Å². The Bertz CT molecular complexity index is 4180. The van der Waals surface area contributed by atoms with Crippen LogP contribution in [0.4, 0.5) is 0 Å². The molecule has 76 heavy (non-hydrogen) atoms. The molecular formula is C68H54N4O3Pt. The van der Waals surface area contributed by atoms with Crippen LogP contribution in [0.2, 0.25) is 0 Å². The summed E-state index contributed by atoms with van der Waals surface area (Å²) in [5, 5.41) is 2.29. The van der Waals surface area contributed by atoms with Gasteiger partial charge in [0.15, 0.2) is 0 Å². The average molecular weight is 1170 g/mol. The molecule has 7 nitrogen and oxygen atoms in total. The van der Waals surface area contributed by atoms with Crippen LogP contribution in [0.3, 0.4) is 0 Å². The zero-order chi connectivity index (χ0) is 51.0. The Hall–Kier alpha value is -7.99. The first-order valence-electron chi connectivity index (χ1n) is 26.8. The summed E-state index contributed by atoms with van der Waals surface area (Å²) >= 11 is 2.48. The average Bonchev–Trinajstić information content (AvgIpc) is 4.19. The Kier molecular flexibility index (Phi) is 11.6. The molecule has 3 aliphatic carbocycles. The number of Topliss-reactive ketones (excluding diaryl/α,β-unsaturated/α-hetero) is 2. The fourth-order valence-electron chi connectivity index (χ4n) is 13.1. The van der Waals surface area contributed by atoms with E-state index in [1.54, 1.807) is 0 Å². The molecule has 0 radical (unpaired) electrons. The van der Waals surface area contributed by atoms with Crippen molar-refractivity contribution in [3.8, 4) is 62.1 Å². The second-order valence-electron chi connectivity index (χ2n) is 21.1. The van der Waals surface area contributed by atoms with Crippen LogP contribution in [0.25, 0.3) is 83.4 Å². The number of hydrogen-bond donors (Lipinski definition) is 0. The van der Waals surface area contributed by atoms with Crippen molar-refractivity contribution in [1.82, 2.24) is 18.7 Å². The molecule has 2 unspecified atom stereocenters. The number of ketones is 2. The first-order chi connectivity index (χ1) is 37.3. The first kappa shape index (κ1) is 46.5. The van der Waals surface area contributed by atoms with Gasteiger partial charge < -0.3 is 0 Å². The van der Waals surface area contributed by atoms with Gasteiger partial charge in [0.2, 0.25) is 0 Å². The standard InChI is InChI=1S/C68H54N4O3.Pt/c1-43-34-66(69-41-60(43)47-30-28-45(29-31-47)44-16-5-2-6-17-44)72-61-25-12-11-24-53(61)54-33-32-52(38-64(54)72)75-51-23-15-22-49(35-51)70-42-71(63-27-14-13-26-62(63)70)68-55(46-18-7-3-8-19-46)39-57-56-36-50(73)37-58(56)65(74)40-59(57)67(68)48-20-9-4-10-21-48;/h3-4,7-15,18-35,38-39,41,44,56,58H,2,5-6,16-17,36-37,40H2,1H3;. The second-order valence-corrected chi connectivity index (χ2v) is 22.1. The van der Waals surface area contributed by atoms with Crippen molar-refractivity contribution in [2.45, 2.75) is 70.1 Å². The number of aryl methyl sites for hydroxylation is 1. The summed E-state index contributed by atoms with van der Waals surface area (Å²) in [5.74, 6) is 2.89. The van der Waals surface area contributed by atoms with Crippen LogP contribution in [-0.4, -0.2) is 30.3 Å². The Morgan fingerprint density at radius 1 is 0.553 bits per heavy atom. The Balaban J connectivity index is 0.868. The van der Waals surface area contributed by atoms with Crippen molar-refractivity contribution >= 4 is 44.4 Å². The maximum atomic E-state index is 14.1. The van der Waals surface area contributed by atoms with Crippen LogP contribution in [0, 0.1) is 16.6 Å². The number of pyridine rings is 1. The van der Waals surface area contributed by atoms with Gasteiger partial charge in [0.25, 0.3) is 0 Å². The number of carbonyl (C=O) groups is 2. The fourth-order valence-corrected chi connectivity index (χ4v) is 14.2. The van der Waals surface area contributed by atoms with Crippen molar-refractivity contribution in [2.24, 2.45) is 5.92 Å². The molecule has 0 aliphatic heterocycles. The predicted octanol–water partition coefficient (Wildman–Crippen LogP) is 16.3.